The molecule has 4 nitrogen and oxygen atoms in total. The van der Waals surface area contributed by atoms with Crippen LogP contribution in [0.2, 0.25) is 0 Å². The zero-order valence-corrected chi connectivity index (χ0v) is 10.7. The molecular formula is C15H15N3O. The zero-order valence-electron chi connectivity index (χ0n) is 10.7. The van der Waals surface area contributed by atoms with Crippen molar-refractivity contribution in [2.45, 2.75) is 6.54 Å². The molecular weight excluding hydrogens is 238 g/mol. The molecule has 3 rings (SSSR count). The fraction of sp³-hybridized carbons (Fsp3) is 0.133. The lowest BCUT2D eigenvalue weighted by molar-refractivity contribution is 0.415. The zero-order chi connectivity index (χ0) is 13.1. The van der Waals surface area contributed by atoms with Crippen molar-refractivity contribution in [3.05, 3.63) is 60.6 Å². The molecule has 1 N–H and O–H groups in total. The van der Waals surface area contributed by atoms with Crippen LogP contribution in [0.25, 0.3) is 5.65 Å². The third-order valence-electron chi connectivity index (χ3n) is 2.98. The number of hydrogen-bond donors (Lipinski definition) is 1. The van der Waals surface area contributed by atoms with E-state index in [2.05, 4.69) is 10.3 Å². The average molecular weight is 253 g/mol. The number of nitrogens with zero attached hydrogens (tertiary/aromatic N) is 2. The molecule has 0 amide bonds. The molecule has 1 aromatic carbocycles. The summed E-state index contributed by atoms with van der Waals surface area (Å²) in [5.41, 5.74) is 3.04. The largest absolute Gasteiger partial charge is 0.497 e. The van der Waals surface area contributed by atoms with Gasteiger partial charge in [-0.1, -0.05) is 6.07 Å². The predicted octanol–water partition coefficient (Wildman–Crippen LogP) is 2.96. The number of nitrogens with one attached hydrogen (secondary N) is 1. The highest BCUT2D eigenvalue weighted by Crippen LogP contribution is 2.15. The van der Waals surface area contributed by atoms with Gasteiger partial charge in [0.15, 0.2) is 0 Å². The fourth-order valence-electron chi connectivity index (χ4n) is 1.97. The van der Waals surface area contributed by atoms with Crippen LogP contribution in [0.15, 0.2) is 54.9 Å². The summed E-state index contributed by atoms with van der Waals surface area (Å²) in [6, 6.07) is 13.8. The van der Waals surface area contributed by atoms with E-state index < -0.39 is 0 Å². The van der Waals surface area contributed by atoms with Gasteiger partial charge < -0.3 is 14.5 Å². The number of ether oxygens (including phenoxy) is 1. The van der Waals surface area contributed by atoms with Crippen molar-refractivity contribution < 1.29 is 4.74 Å². The first kappa shape index (κ1) is 11.6. The van der Waals surface area contributed by atoms with E-state index in [1.54, 1.807) is 7.11 Å². The van der Waals surface area contributed by atoms with E-state index >= 15 is 0 Å². The number of hydrogen-bond acceptors (Lipinski definition) is 3. The topological polar surface area (TPSA) is 38.6 Å². The molecule has 96 valence electrons. The normalized spacial score (nSPS) is 10.6. The molecule has 19 heavy (non-hydrogen) atoms. The van der Waals surface area contributed by atoms with Crippen LogP contribution in [0.1, 0.15) is 5.69 Å². The minimum absolute atomic E-state index is 0.702. The van der Waals surface area contributed by atoms with Crippen molar-refractivity contribution >= 4 is 11.3 Å². The summed E-state index contributed by atoms with van der Waals surface area (Å²) in [6.45, 7) is 0.702. The first-order valence-corrected chi connectivity index (χ1v) is 6.16. The van der Waals surface area contributed by atoms with Gasteiger partial charge in [-0.25, -0.2) is 4.98 Å². The van der Waals surface area contributed by atoms with Crippen LogP contribution in [0.4, 0.5) is 5.69 Å². The van der Waals surface area contributed by atoms with Crippen LogP contribution in [-0.4, -0.2) is 16.5 Å². The van der Waals surface area contributed by atoms with E-state index in [9.17, 15) is 0 Å². The summed E-state index contributed by atoms with van der Waals surface area (Å²) < 4.78 is 7.15. The van der Waals surface area contributed by atoms with E-state index in [4.69, 9.17) is 4.74 Å². The number of anilines is 1. The average Bonchev–Trinajstić information content (AvgIpc) is 2.88. The third-order valence-corrected chi connectivity index (χ3v) is 2.98. The van der Waals surface area contributed by atoms with Gasteiger partial charge in [0.2, 0.25) is 0 Å². The Balaban J connectivity index is 1.70. The van der Waals surface area contributed by atoms with Gasteiger partial charge in [0, 0.05) is 18.1 Å². The SMILES string of the molecule is COc1ccc(NCc2cn3ccccc3n2)cc1. The summed E-state index contributed by atoms with van der Waals surface area (Å²) in [5.74, 6) is 0.860. The summed E-state index contributed by atoms with van der Waals surface area (Å²) in [7, 11) is 1.67. The van der Waals surface area contributed by atoms with Crippen LogP contribution in [0, 0.1) is 0 Å². The van der Waals surface area contributed by atoms with Crippen LogP contribution in [0.5, 0.6) is 5.75 Å². The fourth-order valence-corrected chi connectivity index (χ4v) is 1.97. The Labute approximate surface area is 111 Å². The number of pyridine rings is 1. The quantitative estimate of drug-likeness (QED) is 0.777. The smallest absolute Gasteiger partial charge is 0.137 e. The molecule has 0 fully saturated rings. The van der Waals surface area contributed by atoms with Gasteiger partial charge in [0.25, 0.3) is 0 Å². The molecule has 0 bridgehead atoms. The van der Waals surface area contributed by atoms with Crippen LogP contribution in [-0.2, 0) is 6.54 Å². The molecule has 0 atom stereocenters. The minimum Gasteiger partial charge on any atom is -0.497 e. The van der Waals surface area contributed by atoms with Gasteiger partial charge in [-0.15, -0.1) is 0 Å². The van der Waals surface area contributed by atoms with Crippen LogP contribution in [0.3, 0.4) is 0 Å². The second-order valence-corrected chi connectivity index (χ2v) is 4.28. The van der Waals surface area contributed by atoms with E-state index in [-0.39, 0.29) is 0 Å². The van der Waals surface area contributed by atoms with Gasteiger partial charge >= 0.3 is 0 Å². The molecule has 0 radical (unpaired) electrons. The summed E-state index contributed by atoms with van der Waals surface area (Å²) in [6.07, 6.45) is 4.03. The molecule has 0 saturated heterocycles. The van der Waals surface area contributed by atoms with Crippen molar-refractivity contribution in [3.8, 4) is 5.75 Å². The maximum atomic E-state index is 5.13. The minimum atomic E-state index is 0.702. The summed E-state index contributed by atoms with van der Waals surface area (Å²) in [5, 5.41) is 3.34. The van der Waals surface area contributed by atoms with Crippen molar-refractivity contribution in [2.75, 3.05) is 12.4 Å². The summed E-state index contributed by atoms with van der Waals surface area (Å²) >= 11 is 0. The highest BCUT2D eigenvalue weighted by atomic mass is 16.5. The lowest BCUT2D eigenvalue weighted by Crippen LogP contribution is -1.99. The van der Waals surface area contributed by atoms with Gasteiger partial charge in [-0.3, -0.25) is 0 Å². The molecule has 2 heterocycles. The lowest BCUT2D eigenvalue weighted by Gasteiger charge is -2.05. The van der Waals surface area contributed by atoms with Crippen LogP contribution < -0.4 is 10.1 Å². The van der Waals surface area contributed by atoms with Gasteiger partial charge in [-0.05, 0) is 36.4 Å². The van der Waals surface area contributed by atoms with E-state index in [0.717, 1.165) is 22.8 Å². The van der Waals surface area contributed by atoms with Gasteiger partial charge in [-0.2, -0.15) is 0 Å². The first-order chi connectivity index (χ1) is 9.35. The van der Waals surface area contributed by atoms with Gasteiger partial charge in [0.1, 0.15) is 11.4 Å². The standard InChI is InChI=1S/C15H15N3O/c1-19-14-7-5-12(6-8-14)16-10-13-11-18-9-3-2-4-15(18)17-13/h2-9,11,16H,10H2,1H3. The molecule has 0 spiro atoms. The highest BCUT2D eigenvalue weighted by Gasteiger charge is 2.00. The number of aromatic nitrogens is 2. The van der Waals surface area contributed by atoms with Crippen molar-refractivity contribution in [1.29, 1.82) is 0 Å². The molecule has 0 saturated carbocycles. The van der Waals surface area contributed by atoms with Crippen molar-refractivity contribution in [3.63, 3.8) is 0 Å². The number of fused-ring (bicyclic) bond motifs is 1. The van der Waals surface area contributed by atoms with Gasteiger partial charge in [0.05, 0.1) is 19.3 Å². The predicted molar refractivity (Wildman–Crippen MR) is 75.5 cm³/mol. The second kappa shape index (κ2) is 5.02. The molecule has 3 aromatic rings. The Morgan fingerprint density at radius 3 is 2.74 bits per heavy atom. The van der Waals surface area contributed by atoms with E-state index in [1.165, 1.54) is 0 Å². The molecule has 0 unspecified atom stereocenters. The number of rotatable bonds is 4. The molecule has 2 aromatic heterocycles. The van der Waals surface area contributed by atoms with E-state index in [0.29, 0.717) is 6.54 Å². The van der Waals surface area contributed by atoms with Crippen molar-refractivity contribution in [1.82, 2.24) is 9.38 Å². The van der Waals surface area contributed by atoms with Crippen molar-refractivity contribution in [2.24, 2.45) is 0 Å². The lowest BCUT2D eigenvalue weighted by atomic mass is 10.3. The molecule has 4 heteroatoms. The Morgan fingerprint density at radius 2 is 2.00 bits per heavy atom. The first-order valence-electron chi connectivity index (χ1n) is 6.16. The number of benzene rings is 1. The second-order valence-electron chi connectivity index (χ2n) is 4.28. The number of methoxy groups -OCH3 is 1. The monoisotopic (exact) mass is 253 g/mol. The molecule has 0 aliphatic carbocycles. The molecule has 0 aliphatic heterocycles. The van der Waals surface area contributed by atoms with E-state index in [1.807, 2.05) is 59.3 Å². The Morgan fingerprint density at radius 1 is 1.16 bits per heavy atom. The maximum absolute atomic E-state index is 5.13. The Kier molecular flexibility index (Phi) is 3.06. The molecule has 0 aliphatic rings. The highest BCUT2D eigenvalue weighted by molar-refractivity contribution is 5.47. The van der Waals surface area contributed by atoms with Crippen LogP contribution >= 0.6 is 0 Å². The third kappa shape index (κ3) is 2.52. The maximum Gasteiger partial charge on any atom is 0.137 e. The number of imidazole rings is 1. The Hall–Kier alpha value is -2.49. The Bertz CT molecular complexity index is 640. The summed E-state index contributed by atoms with van der Waals surface area (Å²) in [4.78, 5) is 4.54.